The smallest absolute Gasteiger partial charge is 0.220 e. The molecule has 0 aromatic carbocycles. The number of hydrogen-bond acceptors (Lipinski definition) is 18. The van der Waals surface area contributed by atoms with Gasteiger partial charge in [-0.25, -0.2) is 0 Å². The summed E-state index contributed by atoms with van der Waals surface area (Å²) in [6, 6.07) is -0.994. The van der Waals surface area contributed by atoms with E-state index < -0.39 is 124 Å². The van der Waals surface area contributed by atoms with E-state index in [1.165, 1.54) is 276 Å². The summed E-state index contributed by atoms with van der Waals surface area (Å²) in [6.45, 7) is 1.66. The van der Waals surface area contributed by atoms with E-state index in [2.05, 4.69) is 79.9 Å². The molecule has 648 valence electrons. The van der Waals surface area contributed by atoms with E-state index in [1.54, 1.807) is 6.08 Å². The maximum Gasteiger partial charge on any atom is 0.220 e. The third kappa shape index (κ3) is 49.9. The van der Waals surface area contributed by atoms with Crippen LogP contribution in [0.3, 0.4) is 0 Å². The maximum atomic E-state index is 13.5. The van der Waals surface area contributed by atoms with Crippen LogP contribution in [0, 0.1) is 0 Å². The topological polar surface area (TPSA) is 307 Å². The fraction of sp³-hybridized carbons (Fsp3) is 0.859. The Morgan fingerprint density at radius 2 is 0.631 bits per heavy atom. The minimum atomic E-state index is -1.98. The molecule has 3 fully saturated rings. The second-order valence-electron chi connectivity index (χ2n) is 32.4. The van der Waals surface area contributed by atoms with E-state index in [-0.39, 0.29) is 18.9 Å². The number of unbranched alkanes of at least 4 members (excludes halogenated alkanes) is 48. The van der Waals surface area contributed by atoms with Crippen molar-refractivity contribution in [2.75, 3.05) is 26.4 Å². The Kier molecular flexibility index (Phi) is 65.8. The molecule has 0 saturated carbocycles. The van der Waals surface area contributed by atoms with Crippen molar-refractivity contribution < 1.29 is 89.4 Å². The van der Waals surface area contributed by atoms with E-state index in [0.717, 1.165) is 64.2 Å². The lowest BCUT2D eigenvalue weighted by atomic mass is 9.96. The van der Waals surface area contributed by atoms with E-state index in [0.29, 0.717) is 12.8 Å². The molecule has 3 aliphatic heterocycles. The van der Waals surface area contributed by atoms with Gasteiger partial charge in [0.2, 0.25) is 5.91 Å². The lowest BCUT2D eigenvalue weighted by molar-refractivity contribution is -0.379. The van der Waals surface area contributed by atoms with Crippen LogP contribution in [0.2, 0.25) is 0 Å². The van der Waals surface area contributed by atoms with Gasteiger partial charge in [-0.05, 0) is 70.6 Å². The molecule has 19 nitrogen and oxygen atoms in total. The monoisotopic (exact) mass is 1570 g/mol. The van der Waals surface area contributed by atoms with Crippen LogP contribution in [0.15, 0.2) is 72.9 Å². The van der Waals surface area contributed by atoms with Crippen molar-refractivity contribution in [3.8, 4) is 0 Å². The normalized spacial score (nSPS) is 25.4. The summed E-state index contributed by atoms with van der Waals surface area (Å²) in [5.74, 6) is -0.280. The van der Waals surface area contributed by atoms with Gasteiger partial charge >= 0.3 is 0 Å². The molecule has 3 saturated heterocycles. The molecular weight excluding hydrogens is 1410 g/mol. The highest BCUT2D eigenvalue weighted by Crippen LogP contribution is 2.34. The number of aliphatic hydroxyl groups is 11. The third-order valence-corrected chi connectivity index (χ3v) is 22.5. The van der Waals surface area contributed by atoms with Gasteiger partial charge in [-0.3, -0.25) is 4.79 Å². The Morgan fingerprint density at radius 1 is 0.333 bits per heavy atom. The molecule has 0 bridgehead atoms. The van der Waals surface area contributed by atoms with Crippen LogP contribution in [0.5, 0.6) is 0 Å². The first-order valence-corrected chi connectivity index (χ1v) is 45.7. The molecule has 3 rings (SSSR count). The van der Waals surface area contributed by atoms with Crippen molar-refractivity contribution >= 4 is 5.91 Å². The molecule has 19 heteroatoms. The highest BCUT2D eigenvalue weighted by atomic mass is 16.8. The van der Waals surface area contributed by atoms with Crippen molar-refractivity contribution in [2.24, 2.45) is 0 Å². The predicted molar refractivity (Wildman–Crippen MR) is 448 cm³/mol. The van der Waals surface area contributed by atoms with E-state index >= 15 is 0 Å². The zero-order valence-corrected chi connectivity index (χ0v) is 69.9. The minimum absolute atomic E-state index is 0.236. The standard InChI is InChI=1S/C92H167NO18/c1-3-5-7-9-11-13-15-17-19-21-23-25-27-29-31-33-35-37-39-41-43-45-47-49-51-53-55-57-59-61-63-65-67-69-76(97)75(74-106-90-86(104)83(101)88(78(72-95)108-90)111-92-87(105)84(102)89(79(73-96)109-92)110-91-85(103)82(100)81(99)77(71-94)107-91)93-80(98)70-68-66-64-62-60-58-56-54-52-50-48-46-44-42-40-38-36-34-32-30-28-26-24-22-20-18-16-14-12-10-8-6-4-2/h6,8,12,14,18,20,24,26,59,61,67,69,75-79,81-92,94-97,99-105H,3-5,7,9-11,13,15-17,19,21-23,25,27-58,60,62-66,68,70-74H2,1-2H3,(H,93,98)/b8-6-,14-12-,20-18-,26-24-,61-59+,69-67+. The number of carbonyl (C=O) groups excluding carboxylic acids is 1. The molecule has 3 heterocycles. The number of rotatable bonds is 74. The number of carbonyl (C=O) groups is 1. The average Bonchev–Trinajstić information content (AvgIpc) is 0.780. The molecular formula is C92H167NO18. The van der Waals surface area contributed by atoms with Crippen LogP contribution in [0.25, 0.3) is 0 Å². The first-order chi connectivity index (χ1) is 54.3. The quantitative estimate of drug-likeness (QED) is 0.0199. The number of amides is 1. The average molecular weight is 1580 g/mol. The second-order valence-corrected chi connectivity index (χ2v) is 32.4. The first kappa shape index (κ1) is 102. The van der Waals surface area contributed by atoms with E-state index in [9.17, 15) is 61.0 Å². The molecule has 12 N–H and O–H groups in total. The highest BCUT2D eigenvalue weighted by molar-refractivity contribution is 5.76. The van der Waals surface area contributed by atoms with Gasteiger partial charge in [-0.15, -0.1) is 0 Å². The van der Waals surface area contributed by atoms with E-state index in [1.807, 2.05) is 6.08 Å². The summed E-state index contributed by atoms with van der Waals surface area (Å²) in [5.41, 5.74) is 0. The first-order valence-electron chi connectivity index (χ1n) is 45.7. The molecule has 3 aliphatic rings. The van der Waals surface area contributed by atoms with Gasteiger partial charge in [0.1, 0.15) is 73.2 Å². The summed E-state index contributed by atoms with van der Waals surface area (Å²) < 4.78 is 34.5. The van der Waals surface area contributed by atoms with E-state index in [4.69, 9.17) is 28.4 Å². The van der Waals surface area contributed by atoms with Crippen molar-refractivity contribution in [3.63, 3.8) is 0 Å². The van der Waals surface area contributed by atoms with Crippen LogP contribution in [-0.4, -0.2) is 193 Å². The van der Waals surface area contributed by atoms with Gasteiger partial charge in [-0.1, -0.05) is 369 Å². The van der Waals surface area contributed by atoms with Crippen molar-refractivity contribution in [1.29, 1.82) is 0 Å². The fourth-order valence-electron chi connectivity index (χ4n) is 15.3. The summed E-state index contributed by atoms with van der Waals surface area (Å²) in [6.07, 6.45) is 69.2. The molecule has 1 amide bonds. The Balaban J connectivity index is 1.33. The number of allylic oxidation sites excluding steroid dienone is 11. The zero-order valence-electron chi connectivity index (χ0n) is 69.9. The van der Waals surface area contributed by atoms with Gasteiger partial charge in [0.05, 0.1) is 38.6 Å². The Bertz CT molecular complexity index is 2280. The van der Waals surface area contributed by atoms with Gasteiger partial charge in [0.25, 0.3) is 0 Å². The summed E-state index contributed by atoms with van der Waals surface area (Å²) >= 11 is 0. The van der Waals surface area contributed by atoms with Gasteiger partial charge < -0.3 is 89.9 Å². The highest BCUT2D eigenvalue weighted by Gasteiger charge is 2.54. The van der Waals surface area contributed by atoms with Crippen molar-refractivity contribution in [2.45, 2.75) is 478 Å². The zero-order chi connectivity index (χ0) is 80.3. The van der Waals surface area contributed by atoms with Crippen LogP contribution in [-0.2, 0) is 33.2 Å². The lowest BCUT2D eigenvalue weighted by Crippen LogP contribution is -2.66. The van der Waals surface area contributed by atoms with Gasteiger partial charge in [0, 0.05) is 6.42 Å². The number of hydrogen-bond donors (Lipinski definition) is 12. The predicted octanol–water partition coefficient (Wildman–Crippen LogP) is 17.5. The second kappa shape index (κ2) is 71.3. The molecule has 17 atom stereocenters. The van der Waals surface area contributed by atoms with Gasteiger partial charge in [-0.2, -0.15) is 0 Å². The number of nitrogens with one attached hydrogen (secondary N) is 1. The molecule has 17 unspecified atom stereocenters. The molecule has 0 spiro atoms. The van der Waals surface area contributed by atoms with Crippen molar-refractivity contribution in [1.82, 2.24) is 5.32 Å². The third-order valence-electron chi connectivity index (χ3n) is 22.5. The summed E-state index contributed by atoms with van der Waals surface area (Å²) in [4.78, 5) is 13.5. The van der Waals surface area contributed by atoms with Crippen molar-refractivity contribution in [3.05, 3.63) is 72.9 Å². The van der Waals surface area contributed by atoms with Crippen LogP contribution in [0.4, 0.5) is 0 Å². The SMILES string of the molecule is CC/C=C\C/C=C\C/C=C\C/C=C\CCCCCCCCCCCCCCCCCCCCCCC(=O)NC(COC1OC(CO)C(OC2OC(CO)C(OC3OC(CO)C(O)C(O)C3O)C(O)C2O)C(O)C1O)C(O)/C=C/CC/C=C/CCCCCCCCCCCCCCCCCCCCCCCCCCCCC. The Labute approximate surface area is 674 Å². The van der Waals surface area contributed by atoms with Crippen LogP contribution in [0.1, 0.15) is 373 Å². The number of aliphatic hydroxyl groups excluding tert-OH is 11. The summed E-state index contributed by atoms with van der Waals surface area (Å²) in [7, 11) is 0. The Morgan fingerprint density at radius 3 is 1.01 bits per heavy atom. The molecule has 111 heavy (non-hydrogen) atoms. The summed E-state index contributed by atoms with van der Waals surface area (Å²) in [5, 5.41) is 121. The minimum Gasteiger partial charge on any atom is -0.394 e. The van der Waals surface area contributed by atoms with Crippen LogP contribution >= 0.6 is 0 Å². The largest absolute Gasteiger partial charge is 0.394 e. The van der Waals surface area contributed by atoms with Crippen LogP contribution < -0.4 is 5.32 Å². The van der Waals surface area contributed by atoms with Gasteiger partial charge in [0.15, 0.2) is 18.9 Å². The molecule has 0 aromatic heterocycles. The number of ether oxygens (including phenoxy) is 6. The molecule has 0 aromatic rings. The maximum absolute atomic E-state index is 13.5. The lowest BCUT2D eigenvalue weighted by Gasteiger charge is -2.48. The Hall–Kier alpha value is -2.77. The molecule has 0 aliphatic carbocycles. The molecule has 0 radical (unpaired) electrons. The fourth-order valence-corrected chi connectivity index (χ4v) is 15.3.